The minimum absolute atomic E-state index is 0.00246. The normalized spacial score (nSPS) is 31.9. The maximum Gasteiger partial charge on any atom is 0.308 e. The number of hydrogen-bond donors (Lipinski definition) is 2. The van der Waals surface area contributed by atoms with Crippen molar-refractivity contribution in [3.63, 3.8) is 0 Å². The molecule has 4 rings (SSSR count). The fourth-order valence-corrected chi connectivity index (χ4v) is 8.95. The van der Waals surface area contributed by atoms with Crippen molar-refractivity contribution in [2.75, 3.05) is 19.7 Å². The molecule has 0 aromatic heterocycles. The summed E-state index contributed by atoms with van der Waals surface area (Å²) in [6.07, 6.45) is 5.21. The third kappa shape index (κ3) is 4.08. The maximum absolute atomic E-state index is 14.3. The molecule has 1 spiro atoms. The average molecular weight is 501 g/mol. The number of hydrogen-bond acceptors (Lipinski definition) is 5. The highest BCUT2D eigenvalue weighted by atomic mass is 32.2. The van der Waals surface area contributed by atoms with Gasteiger partial charge in [0.2, 0.25) is 11.8 Å². The smallest absolute Gasteiger partial charge is 0.308 e. The van der Waals surface area contributed by atoms with Crippen LogP contribution in [0.15, 0.2) is 43.0 Å². The summed E-state index contributed by atoms with van der Waals surface area (Å²) in [5.41, 5.74) is 0.734. The molecular weight excluding hydrogens is 464 g/mol. The molecule has 8 heteroatoms. The van der Waals surface area contributed by atoms with Crippen molar-refractivity contribution in [3.05, 3.63) is 48.6 Å². The van der Waals surface area contributed by atoms with Gasteiger partial charge in [0.25, 0.3) is 0 Å². The van der Waals surface area contributed by atoms with Crippen molar-refractivity contribution in [2.24, 2.45) is 17.8 Å². The molecule has 2 amide bonds. The predicted molar refractivity (Wildman–Crippen MR) is 136 cm³/mol. The van der Waals surface area contributed by atoms with E-state index in [0.717, 1.165) is 24.8 Å². The van der Waals surface area contributed by atoms with Crippen LogP contribution < -0.4 is 0 Å². The van der Waals surface area contributed by atoms with Crippen LogP contribution in [0.1, 0.15) is 51.1 Å². The molecule has 3 saturated heterocycles. The van der Waals surface area contributed by atoms with E-state index < -0.39 is 34.6 Å². The van der Waals surface area contributed by atoms with Gasteiger partial charge in [0.15, 0.2) is 0 Å². The number of carboxylic acid groups (broad SMARTS) is 1. The number of aliphatic hydroxyl groups excluding tert-OH is 1. The van der Waals surface area contributed by atoms with Crippen molar-refractivity contribution in [1.82, 2.24) is 9.80 Å². The van der Waals surface area contributed by atoms with Crippen molar-refractivity contribution >= 4 is 29.5 Å². The molecule has 0 aliphatic carbocycles. The monoisotopic (exact) mass is 500 g/mol. The summed E-state index contributed by atoms with van der Waals surface area (Å²) >= 11 is 1.53. The molecule has 7 atom stereocenters. The summed E-state index contributed by atoms with van der Waals surface area (Å²) in [4.78, 5) is 44.1. The Morgan fingerprint density at radius 2 is 2.03 bits per heavy atom. The van der Waals surface area contributed by atoms with E-state index in [4.69, 9.17) is 0 Å². The second-order valence-electron chi connectivity index (χ2n) is 10.0. The molecule has 35 heavy (non-hydrogen) atoms. The number of fused-ring (bicyclic) bond motifs is 1. The van der Waals surface area contributed by atoms with Gasteiger partial charge < -0.3 is 20.0 Å². The molecule has 3 aliphatic rings. The summed E-state index contributed by atoms with van der Waals surface area (Å²) in [5, 5.41) is 20.4. The molecule has 2 N–H and O–H groups in total. The predicted octanol–water partition coefficient (Wildman–Crippen LogP) is 3.35. The Labute approximate surface area is 211 Å². The molecule has 3 fully saturated rings. The zero-order valence-corrected chi connectivity index (χ0v) is 21.3. The summed E-state index contributed by atoms with van der Waals surface area (Å²) in [6.45, 7) is 8.55. The molecule has 1 aromatic carbocycles. The van der Waals surface area contributed by atoms with E-state index in [-0.39, 0.29) is 29.6 Å². The SMILES string of the molecule is C=CCN(CCCCC)C(=O)C1N([C@H](CO)c2ccccc2)C(=O)[C@@H]2[C@H](C(=O)O)[C@@H]3CC(C)C12S3. The molecule has 0 saturated carbocycles. The highest BCUT2D eigenvalue weighted by Gasteiger charge is 2.77. The minimum Gasteiger partial charge on any atom is -0.481 e. The molecule has 3 aliphatic heterocycles. The first-order valence-electron chi connectivity index (χ1n) is 12.6. The van der Waals surface area contributed by atoms with E-state index in [1.54, 1.807) is 15.9 Å². The molecule has 3 heterocycles. The van der Waals surface area contributed by atoms with Gasteiger partial charge in [-0.2, -0.15) is 0 Å². The van der Waals surface area contributed by atoms with Crippen LogP contribution in [0.5, 0.6) is 0 Å². The van der Waals surface area contributed by atoms with E-state index in [9.17, 15) is 24.6 Å². The lowest BCUT2D eigenvalue weighted by atomic mass is 9.66. The lowest BCUT2D eigenvalue weighted by molar-refractivity contribution is -0.150. The number of nitrogens with zero attached hydrogens (tertiary/aromatic N) is 2. The first-order chi connectivity index (χ1) is 16.8. The van der Waals surface area contributed by atoms with Crippen molar-refractivity contribution < 1.29 is 24.6 Å². The molecular formula is C27H36N2O5S. The van der Waals surface area contributed by atoms with Crippen molar-refractivity contribution in [1.29, 1.82) is 0 Å². The average Bonchev–Trinajstić information content (AvgIpc) is 3.44. The summed E-state index contributed by atoms with van der Waals surface area (Å²) in [7, 11) is 0. The van der Waals surface area contributed by atoms with E-state index >= 15 is 0 Å². The zero-order valence-electron chi connectivity index (χ0n) is 20.5. The standard InChI is InChI=1S/C27H36N2O5S/c1-4-6-10-14-28(13-5-2)25(32)23-27-17(3)15-20(35-27)21(26(33)34)22(27)24(31)29(23)19(16-30)18-11-8-7-9-12-18/h5,7-9,11-12,17,19-23,30H,2,4,6,10,13-16H2,1,3H3,(H,33,34)/t17?,19-,20+,21-,22+,23?,27?/m1/s1. The maximum atomic E-state index is 14.3. The van der Waals surface area contributed by atoms with Crippen LogP contribution in [-0.4, -0.2) is 73.5 Å². The van der Waals surface area contributed by atoms with Gasteiger partial charge in [0, 0.05) is 18.3 Å². The van der Waals surface area contributed by atoms with Gasteiger partial charge in [0.05, 0.1) is 29.2 Å². The number of likely N-dealkylation sites (tertiary alicyclic amines) is 1. The zero-order chi connectivity index (χ0) is 25.3. The molecule has 190 valence electrons. The number of aliphatic carboxylic acids is 1. The Kier molecular flexibility index (Phi) is 7.62. The van der Waals surface area contributed by atoms with E-state index in [0.29, 0.717) is 19.5 Å². The van der Waals surface area contributed by atoms with Gasteiger partial charge in [-0.1, -0.05) is 63.1 Å². The molecule has 7 nitrogen and oxygen atoms in total. The van der Waals surface area contributed by atoms with Crippen LogP contribution in [0.2, 0.25) is 0 Å². The highest BCUT2D eigenvalue weighted by molar-refractivity contribution is 8.02. The van der Waals surface area contributed by atoms with Crippen LogP contribution in [0.4, 0.5) is 0 Å². The Hall–Kier alpha value is -2.32. The minimum atomic E-state index is -0.978. The number of rotatable bonds is 11. The largest absolute Gasteiger partial charge is 0.481 e. The fourth-order valence-electron chi connectivity index (χ4n) is 6.56. The number of carbonyl (C=O) groups excluding carboxylic acids is 2. The van der Waals surface area contributed by atoms with Crippen LogP contribution in [0.3, 0.4) is 0 Å². The van der Waals surface area contributed by atoms with Crippen LogP contribution >= 0.6 is 11.8 Å². The second kappa shape index (κ2) is 10.3. The lowest BCUT2D eigenvalue weighted by Crippen LogP contribution is -2.58. The Morgan fingerprint density at radius 1 is 1.31 bits per heavy atom. The second-order valence-corrected chi connectivity index (χ2v) is 11.6. The molecule has 2 bridgehead atoms. The fraction of sp³-hybridized carbons (Fsp3) is 0.593. The lowest BCUT2D eigenvalue weighted by Gasteiger charge is -2.42. The van der Waals surface area contributed by atoms with Crippen LogP contribution in [0.25, 0.3) is 0 Å². The Morgan fingerprint density at radius 3 is 2.63 bits per heavy atom. The van der Waals surface area contributed by atoms with E-state index in [2.05, 4.69) is 13.5 Å². The third-order valence-electron chi connectivity index (χ3n) is 8.09. The van der Waals surface area contributed by atoms with Crippen LogP contribution in [-0.2, 0) is 14.4 Å². The number of unbranched alkanes of at least 4 members (excludes halogenated alkanes) is 2. The summed E-state index contributed by atoms with van der Waals surface area (Å²) < 4.78 is -0.825. The first kappa shape index (κ1) is 25.8. The summed E-state index contributed by atoms with van der Waals surface area (Å²) in [6, 6.07) is 7.66. The molecule has 3 unspecified atom stereocenters. The Bertz CT molecular complexity index is 972. The van der Waals surface area contributed by atoms with E-state index in [1.165, 1.54) is 11.8 Å². The number of carboxylic acids is 1. The third-order valence-corrected chi connectivity index (χ3v) is 10.2. The van der Waals surface area contributed by atoms with Gasteiger partial charge in [-0.25, -0.2) is 0 Å². The number of aliphatic hydroxyl groups is 1. The van der Waals surface area contributed by atoms with E-state index in [1.807, 2.05) is 37.3 Å². The quantitative estimate of drug-likeness (QED) is 0.357. The van der Waals surface area contributed by atoms with Gasteiger partial charge in [0.1, 0.15) is 6.04 Å². The number of thioether (sulfide) groups is 1. The topological polar surface area (TPSA) is 98.2 Å². The van der Waals surface area contributed by atoms with Gasteiger partial charge in [-0.15, -0.1) is 18.3 Å². The van der Waals surface area contributed by atoms with Gasteiger partial charge in [-0.05, 0) is 24.3 Å². The first-order valence-corrected chi connectivity index (χ1v) is 13.5. The highest BCUT2D eigenvalue weighted by Crippen LogP contribution is 2.69. The van der Waals surface area contributed by atoms with Gasteiger partial charge in [-0.3, -0.25) is 14.4 Å². The molecule has 0 radical (unpaired) electrons. The number of amides is 2. The van der Waals surface area contributed by atoms with Crippen molar-refractivity contribution in [2.45, 2.75) is 61.6 Å². The molecule has 1 aromatic rings. The van der Waals surface area contributed by atoms with Crippen LogP contribution in [0, 0.1) is 17.8 Å². The summed E-state index contributed by atoms with van der Waals surface area (Å²) in [5.74, 6) is -3.09. The number of carbonyl (C=O) groups is 3. The number of benzene rings is 1. The van der Waals surface area contributed by atoms with Gasteiger partial charge >= 0.3 is 5.97 Å². The van der Waals surface area contributed by atoms with Crippen molar-refractivity contribution in [3.8, 4) is 0 Å². The Balaban J connectivity index is 1.83.